The van der Waals surface area contributed by atoms with Gasteiger partial charge in [0, 0.05) is 11.0 Å². The largest absolute Gasteiger partial charge is 0.411 e. The number of oxime groups is 1. The lowest BCUT2D eigenvalue weighted by Gasteiger charge is -2.42. The Labute approximate surface area is 145 Å². The van der Waals surface area contributed by atoms with Crippen LogP contribution in [-0.4, -0.2) is 31.1 Å². The summed E-state index contributed by atoms with van der Waals surface area (Å²) < 4.78 is 26.1. The van der Waals surface area contributed by atoms with Crippen LogP contribution in [0.4, 0.5) is 0 Å². The van der Waals surface area contributed by atoms with Crippen molar-refractivity contribution < 1.29 is 13.6 Å². The van der Waals surface area contributed by atoms with E-state index in [9.17, 15) is 8.42 Å². The summed E-state index contributed by atoms with van der Waals surface area (Å²) in [5.41, 5.74) is 2.19. The van der Waals surface area contributed by atoms with E-state index >= 15 is 0 Å². The molecule has 0 radical (unpaired) electrons. The van der Waals surface area contributed by atoms with Gasteiger partial charge in [-0.1, -0.05) is 43.3 Å². The van der Waals surface area contributed by atoms with E-state index < -0.39 is 15.6 Å². The van der Waals surface area contributed by atoms with Crippen molar-refractivity contribution in [2.24, 2.45) is 5.16 Å². The molecule has 1 fully saturated rings. The van der Waals surface area contributed by atoms with Crippen LogP contribution in [0, 0.1) is 0 Å². The Morgan fingerprint density at radius 2 is 1.75 bits per heavy atom. The number of nitrogens with zero attached hydrogens (tertiary/aromatic N) is 1. The fraction of sp³-hybridized carbons (Fsp3) is 0.611. The molecule has 0 bridgehead atoms. The molecule has 0 aliphatic heterocycles. The Morgan fingerprint density at radius 3 is 2.21 bits per heavy atom. The molecule has 1 aliphatic carbocycles. The van der Waals surface area contributed by atoms with Gasteiger partial charge < -0.3 is 5.21 Å². The second-order valence-corrected chi connectivity index (χ2v) is 9.60. The van der Waals surface area contributed by atoms with Crippen LogP contribution in [0.15, 0.2) is 29.4 Å². The van der Waals surface area contributed by atoms with Gasteiger partial charge in [0.05, 0.1) is 12.0 Å². The first-order valence-corrected chi connectivity index (χ1v) is 10.1. The SMILES string of the molecule is CC(C)(NS(C)(=O)=O)C(C)(C)c1ccc(C2CC/C(=N/O)C2)cc1. The Kier molecular flexibility index (Phi) is 5.11. The average molecular weight is 353 g/mol. The zero-order chi connectivity index (χ0) is 18.2. The third-order valence-electron chi connectivity index (χ3n) is 5.51. The third kappa shape index (κ3) is 3.98. The molecule has 1 aliphatic rings. The van der Waals surface area contributed by atoms with Crippen molar-refractivity contribution in [3.63, 3.8) is 0 Å². The molecule has 1 aromatic rings. The third-order valence-corrected chi connectivity index (χ3v) is 6.39. The first kappa shape index (κ1) is 18.9. The highest BCUT2D eigenvalue weighted by molar-refractivity contribution is 7.88. The van der Waals surface area contributed by atoms with E-state index in [-0.39, 0.29) is 5.41 Å². The molecular formula is C18H28N2O3S. The van der Waals surface area contributed by atoms with Crippen LogP contribution < -0.4 is 4.72 Å². The number of hydrogen-bond acceptors (Lipinski definition) is 4. The summed E-state index contributed by atoms with van der Waals surface area (Å²) in [7, 11) is -3.29. The zero-order valence-corrected chi connectivity index (χ0v) is 15.9. The molecule has 0 heterocycles. The molecule has 2 rings (SSSR count). The number of sulfonamides is 1. The van der Waals surface area contributed by atoms with Gasteiger partial charge in [-0.3, -0.25) is 0 Å². The van der Waals surface area contributed by atoms with Gasteiger partial charge in [-0.2, -0.15) is 0 Å². The topological polar surface area (TPSA) is 78.8 Å². The molecule has 1 unspecified atom stereocenters. The second kappa shape index (κ2) is 6.48. The molecule has 0 spiro atoms. The van der Waals surface area contributed by atoms with Crippen LogP contribution >= 0.6 is 0 Å². The molecule has 0 aromatic heterocycles. The van der Waals surface area contributed by atoms with Gasteiger partial charge in [-0.05, 0) is 50.2 Å². The standard InChI is InChI=1S/C18H28N2O3S/c1-17(2,18(3,4)20-24(5,22)23)15-9-6-13(7-10-15)14-8-11-16(12-14)19-21/h6-7,9-10,14,20-21H,8,11-12H2,1-5H3/b19-16-. The van der Waals surface area contributed by atoms with Gasteiger partial charge in [0.2, 0.25) is 10.0 Å². The van der Waals surface area contributed by atoms with E-state index in [1.165, 1.54) is 11.8 Å². The van der Waals surface area contributed by atoms with Gasteiger partial charge in [0.25, 0.3) is 0 Å². The molecule has 24 heavy (non-hydrogen) atoms. The highest BCUT2D eigenvalue weighted by Crippen LogP contribution is 2.37. The smallest absolute Gasteiger partial charge is 0.209 e. The van der Waals surface area contributed by atoms with Gasteiger partial charge in [-0.25, -0.2) is 13.1 Å². The Balaban J connectivity index is 2.23. The van der Waals surface area contributed by atoms with Gasteiger partial charge in [-0.15, -0.1) is 0 Å². The van der Waals surface area contributed by atoms with Crippen molar-refractivity contribution in [2.45, 2.75) is 63.8 Å². The maximum absolute atomic E-state index is 11.7. The first-order chi connectivity index (χ1) is 11.0. The second-order valence-electron chi connectivity index (χ2n) is 7.85. The number of hydrogen-bond donors (Lipinski definition) is 2. The van der Waals surface area contributed by atoms with E-state index in [1.807, 2.05) is 27.7 Å². The van der Waals surface area contributed by atoms with E-state index in [1.54, 1.807) is 0 Å². The molecule has 134 valence electrons. The minimum absolute atomic E-state index is 0.373. The van der Waals surface area contributed by atoms with Crippen molar-refractivity contribution in [1.29, 1.82) is 0 Å². The molecule has 2 N–H and O–H groups in total. The van der Waals surface area contributed by atoms with Crippen LogP contribution in [-0.2, 0) is 15.4 Å². The summed E-state index contributed by atoms with van der Waals surface area (Å²) >= 11 is 0. The highest BCUT2D eigenvalue weighted by atomic mass is 32.2. The van der Waals surface area contributed by atoms with Gasteiger partial charge in [0.1, 0.15) is 0 Å². The minimum atomic E-state index is -3.29. The fourth-order valence-corrected chi connectivity index (χ4v) is 4.51. The zero-order valence-electron chi connectivity index (χ0n) is 15.1. The van der Waals surface area contributed by atoms with Crippen molar-refractivity contribution >= 4 is 15.7 Å². The van der Waals surface area contributed by atoms with E-state index in [0.29, 0.717) is 5.92 Å². The Morgan fingerprint density at radius 1 is 1.17 bits per heavy atom. The average Bonchev–Trinajstić information content (AvgIpc) is 2.93. The molecular weight excluding hydrogens is 324 g/mol. The Hall–Kier alpha value is -1.40. The monoisotopic (exact) mass is 352 g/mol. The predicted octanol–water partition coefficient (Wildman–Crippen LogP) is 3.39. The minimum Gasteiger partial charge on any atom is -0.411 e. The molecule has 1 atom stereocenters. The van der Waals surface area contributed by atoms with Crippen LogP contribution in [0.25, 0.3) is 0 Å². The summed E-state index contributed by atoms with van der Waals surface area (Å²) in [6.45, 7) is 7.91. The fourth-order valence-electron chi connectivity index (χ4n) is 3.33. The number of nitrogens with one attached hydrogen (secondary N) is 1. The van der Waals surface area contributed by atoms with E-state index in [4.69, 9.17) is 5.21 Å². The molecule has 6 heteroatoms. The van der Waals surface area contributed by atoms with E-state index in [0.717, 1.165) is 30.5 Å². The van der Waals surface area contributed by atoms with Crippen LogP contribution in [0.3, 0.4) is 0 Å². The maximum Gasteiger partial charge on any atom is 0.209 e. The molecule has 5 nitrogen and oxygen atoms in total. The molecule has 0 amide bonds. The molecule has 1 aromatic carbocycles. The summed E-state index contributed by atoms with van der Waals surface area (Å²) in [4.78, 5) is 0. The van der Waals surface area contributed by atoms with Gasteiger partial charge >= 0.3 is 0 Å². The lowest BCUT2D eigenvalue weighted by molar-refractivity contribution is 0.278. The first-order valence-electron chi connectivity index (χ1n) is 8.25. The van der Waals surface area contributed by atoms with Crippen molar-refractivity contribution in [3.8, 4) is 0 Å². The molecule has 0 saturated heterocycles. The highest BCUT2D eigenvalue weighted by Gasteiger charge is 2.40. The predicted molar refractivity (Wildman–Crippen MR) is 97.3 cm³/mol. The molecule has 1 saturated carbocycles. The number of benzene rings is 1. The Bertz CT molecular complexity index is 719. The summed E-state index contributed by atoms with van der Waals surface area (Å²) in [5.74, 6) is 0.398. The van der Waals surface area contributed by atoms with Crippen molar-refractivity contribution in [2.75, 3.05) is 6.26 Å². The van der Waals surface area contributed by atoms with Crippen molar-refractivity contribution in [3.05, 3.63) is 35.4 Å². The van der Waals surface area contributed by atoms with Crippen LogP contribution in [0.5, 0.6) is 0 Å². The summed E-state index contributed by atoms with van der Waals surface area (Å²) in [6.07, 6.45) is 3.84. The summed E-state index contributed by atoms with van der Waals surface area (Å²) in [5, 5.41) is 12.2. The van der Waals surface area contributed by atoms with Gasteiger partial charge in [0.15, 0.2) is 0 Å². The normalized spacial score (nSPS) is 21.4. The van der Waals surface area contributed by atoms with Crippen LogP contribution in [0.2, 0.25) is 0 Å². The summed E-state index contributed by atoms with van der Waals surface area (Å²) in [6, 6.07) is 8.38. The lowest BCUT2D eigenvalue weighted by Crippen LogP contribution is -2.55. The quantitative estimate of drug-likeness (QED) is 0.630. The van der Waals surface area contributed by atoms with Crippen molar-refractivity contribution in [1.82, 2.24) is 4.72 Å². The maximum atomic E-state index is 11.7. The number of rotatable bonds is 5. The lowest BCUT2D eigenvalue weighted by atomic mass is 9.70. The van der Waals surface area contributed by atoms with Crippen LogP contribution in [0.1, 0.15) is 64.0 Å². The van der Waals surface area contributed by atoms with E-state index in [2.05, 4.69) is 34.1 Å².